The summed E-state index contributed by atoms with van der Waals surface area (Å²) in [4.78, 5) is 57.7. The van der Waals surface area contributed by atoms with Crippen molar-refractivity contribution in [1.82, 2.24) is 25.8 Å². The lowest BCUT2D eigenvalue weighted by Gasteiger charge is -2.44. The quantitative estimate of drug-likeness (QED) is 0.277. The molecule has 47 heavy (non-hydrogen) atoms. The molecule has 0 bridgehead atoms. The van der Waals surface area contributed by atoms with Gasteiger partial charge >= 0.3 is 6.09 Å². The molecule has 254 valence electrons. The monoisotopic (exact) mass is 645 g/mol. The van der Waals surface area contributed by atoms with Crippen LogP contribution < -0.4 is 16.0 Å². The second-order valence-electron chi connectivity index (χ2n) is 13.3. The first-order valence-corrected chi connectivity index (χ1v) is 17.5. The van der Waals surface area contributed by atoms with Gasteiger partial charge in [0.15, 0.2) is 0 Å². The third kappa shape index (κ3) is 9.12. The molecule has 2 aromatic rings. The van der Waals surface area contributed by atoms with E-state index in [0.29, 0.717) is 45.3 Å². The Morgan fingerprint density at radius 2 is 1.74 bits per heavy atom. The first-order chi connectivity index (χ1) is 22.8. The van der Waals surface area contributed by atoms with Gasteiger partial charge in [0.2, 0.25) is 17.7 Å². The van der Waals surface area contributed by atoms with Crippen LogP contribution in [-0.4, -0.2) is 77.9 Å². The number of rotatable bonds is 13. The summed E-state index contributed by atoms with van der Waals surface area (Å²) in [6.07, 6.45) is 6.73. The van der Waals surface area contributed by atoms with E-state index in [-0.39, 0.29) is 42.3 Å². The van der Waals surface area contributed by atoms with Crippen LogP contribution in [0.15, 0.2) is 54.6 Å². The van der Waals surface area contributed by atoms with Crippen LogP contribution in [0.5, 0.6) is 0 Å². The van der Waals surface area contributed by atoms with Gasteiger partial charge in [0.05, 0.1) is 6.04 Å². The number of carbonyl (C=O) groups excluding carboxylic acids is 4. The number of piperazine rings is 1. The van der Waals surface area contributed by atoms with Gasteiger partial charge in [-0.05, 0) is 81.0 Å². The molecule has 2 saturated heterocycles. The van der Waals surface area contributed by atoms with Crippen molar-refractivity contribution in [3.05, 3.63) is 71.3 Å². The van der Waals surface area contributed by atoms with Gasteiger partial charge in [0.1, 0.15) is 18.7 Å². The van der Waals surface area contributed by atoms with Crippen LogP contribution >= 0.6 is 0 Å². The van der Waals surface area contributed by atoms with Crippen molar-refractivity contribution in [2.45, 2.75) is 102 Å². The zero-order valence-corrected chi connectivity index (χ0v) is 27.9. The summed E-state index contributed by atoms with van der Waals surface area (Å²) < 4.78 is 5.30. The molecule has 0 unspecified atom stereocenters. The number of carbonyl (C=O) groups is 4. The van der Waals surface area contributed by atoms with E-state index in [4.69, 9.17) is 4.74 Å². The van der Waals surface area contributed by atoms with Crippen LogP contribution in [0.25, 0.3) is 0 Å². The number of ether oxygens (including phenoxy) is 1. The lowest BCUT2D eigenvalue weighted by molar-refractivity contribution is -0.148. The number of aryl methyl sites for hydroxylation is 1. The maximum absolute atomic E-state index is 14.4. The second kappa shape index (κ2) is 16.8. The molecule has 3 N–H and O–H groups in total. The Bertz CT molecular complexity index is 1370. The Kier molecular flexibility index (Phi) is 12.3. The van der Waals surface area contributed by atoms with Gasteiger partial charge in [0.25, 0.3) is 0 Å². The molecule has 5 atom stereocenters. The molecule has 10 nitrogen and oxygen atoms in total. The predicted molar refractivity (Wildman–Crippen MR) is 180 cm³/mol. The minimum absolute atomic E-state index is 0.0755. The number of fused-ring (bicyclic) bond motifs is 2. The Balaban J connectivity index is 1.22. The van der Waals surface area contributed by atoms with Gasteiger partial charge in [-0.2, -0.15) is 0 Å². The molecule has 4 amide bonds. The third-order valence-electron chi connectivity index (χ3n) is 10.0. The molecule has 0 saturated carbocycles. The number of hydrogen-bond donors (Lipinski definition) is 3. The van der Waals surface area contributed by atoms with E-state index >= 15 is 0 Å². The highest BCUT2D eigenvalue weighted by molar-refractivity contribution is 5.93. The summed E-state index contributed by atoms with van der Waals surface area (Å²) >= 11 is 0. The highest BCUT2D eigenvalue weighted by Crippen LogP contribution is 2.31. The van der Waals surface area contributed by atoms with Crippen LogP contribution in [0.2, 0.25) is 0 Å². The van der Waals surface area contributed by atoms with Crippen LogP contribution in [0.4, 0.5) is 4.79 Å². The lowest BCUT2D eigenvalue weighted by Crippen LogP contribution is -2.65. The van der Waals surface area contributed by atoms with Crippen LogP contribution in [0, 0.1) is 5.92 Å². The van der Waals surface area contributed by atoms with Gasteiger partial charge in [-0.1, -0.05) is 68.4 Å². The lowest BCUT2D eigenvalue weighted by atomic mass is 9.87. The van der Waals surface area contributed by atoms with E-state index in [2.05, 4.69) is 33.0 Å². The smallest absolute Gasteiger partial charge is 0.407 e. The number of benzene rings is 2. The van der Waals surface area contributed by atoms with Crippen molar-refractivity contribution >= 4 is 23.8 Å². The highest BCUT2D eigenvalue weighted by Gasteiger charge is 2.44. The minimum atomic E-state index is -0.750. The van der Waals surface area contributed by atoms with Crippen molar-refractivity contribution < 1.29 is 23.9 Å². The molecular formula is C37H51N5O5. The second-order valence-corrected chi connectivity index (χ2v) is 13.3. The Labute approximate surface area is 279 Å². The first-order valence-electron chi connectivity index (χ1n) is 17.5. The van der Waals surface area contributed by atoms with Gasteiger partial charge < -0.3 is 25.6 Å². The van der Waals surface area contributed by atoms with Crippen molar-refractivity contribution in [2.24, 2.45) is 5.92 Å². The molecular weight excluding hydrogens is 594 g/mol. The number of amides is 4. The molecule has 2 fully saturated rings. The molecule has 0 radical (unpaired) electrons. The SMILES string of the molecule is CC[C@@H](C)C(=O)N[C@@H](CCCCNC(=O)OCc1ccccc1)C(=O)N1C[C@H]2CCCN2C[C@H]1C(=O)N[C@@H]1CCCc2ccccc21. The van der Waals surface area contributed by atoms with Crippen LogP contribution in [-0.2, 0) is 32.1 Å². The topological polar surface area (TPSA) is 120 Å². The highest BCUT2D eigenvalue weighted by atomic mass is 16.5. The van der Waals surface area contributed by atoms with E-state index in [1.54, 1.807) is 4.90 Å². The van der Waals surface area contributed by atoms with E-state index in [1.807, 2.05) is 56.3 Å². The van der Waals surface area contributed by atoms with E-state index < -0.39 is 18.2 Å². The number of nitrogens with zero attached hydrogens (tertiary/aromatic N) is 2. The number of hydrogen-bond acceptors (Lipinski definition) is 6. The number of alkyl carbamates (subject to hydrolysis) is 1. The van der Waals surface area contributed by atoms with Gasteiger partial charge in [0, 0.05) is 31.6 Å². The molecule has 0 spiro atoms. The third-order valence-corrected chi connectivity index (χ3v) is 10.0. The normalized spacial score (nSPS) is 21.9. The zero-order chi connectivity index (χ0) is 33.2. The fourth-order valence-corrected chi connectivity index (χ4v) is 7.05. The average molecular weight is 646 g/mol. The Morgan fingerprint density at radius 1 is 0.957 bits per heavy atom. The van der Waals surface area contributed by atoms with Crippen LogP contribution in [0.3, 0.4) is 0 Å². The van der Waals surface area contributed by atoms with Crippen molar-refractivity contribution in [3.63, 3.8) is 0 Å². The predicted octanol–water partition coefficient (Wildman–Crippen LogP) is 4.48. The standard InChI is InChI=1S/C37H51N5O5/c1-3-26(2)34(43)40-32(19-9-10-21-38-37(46)47-25-27-13-5-4-6-14-27)36(45)42-23-29-17-12-22-41(29)24-33(42)35(44)39-31-20-11-16-28-15-7-8-18-30(28)31/h4-8,13-15,18,26,29,31-33H,3,9-12,16-17,19-25H2,1-2H3,(H,38,46)(H,39,44)(H,40,43)/t26-,29-,31-,32+,33+/m1/s1. The summed E-state index contributed by atoms with van der Waals surface area (Å²) in [6, 6.07) is 16.5. The fourth-order valence-electron chi connectivity index (χ4n) is 7.05. The molecule has 10 heteroatoms. The Hall–Kier alpha value is -3.92. The van der Waals surface area contributed by atoms with E-state index in [9.17, 15) is 19.2 Å². The maximum Gasteiger partial charge on any atom is 0.407 e. The summed E-state index contributed by atoms with van der Waals surface area (Å²) in [6.45, 7) is 6.30. The molecule has 1 aliphatic carbocycles. The molecule has 3 aliphatic rings. The molecule has 2 aliphatic heterocycles. The zero-order valence-electron chi connectivity index (χ0n) is 27.9. The molecule has 2 heterocycles. The van der Waals surface area contributed by atoms with E-state index in [0.717, 1.165) is 49.8 Å². The summed E-state index contributed by atoms with van der Waals surface area (Å²) in [5, 5.41) is 9.12. The molecule has 2 aromatic carbocycles. The van der Waals surface area contributed by atoms with Crippen LogP contribution in [0.1, 0.15) is 87.9 Å². The van der Waals surface area contributed by atoms with E-state index in [1.165, 1.54) is 5.56 Å². The largest absolute Gasteiger partial charge is 0.445 e. The summed E-state index contributed by atoms with van der Waals surface area (Å²) in [5.74, 6) is -0.723. The summed E-state index contributed by atoms with van der Waals surface area (Å²) in [5.41, 5.74) is 3.35. The maximum atomic E-state index is 14.4. The van der Waals surface area contributed by atoms with Gasteiger partial charge in [-0.25, -0.2) is 4.79 Å². The first kappa shape index (κ1) is 34.4. The average Bonchev–Trinajstić information content (AvgIpc) is 3.57. The van der Waals surface area contributed by atoms with Gasteiger partial charge in [-0.15, -0.1) is 0 Å². The van der Waals surface area contributed by atoms with Crippen molar-refractivity contribution in [3.8, 4) is 0 Å². The minimum Gasteiger partial charge on any atom is -0.445 e. The van der Waals surface area contributed by atoms with Crippen molar-refractivity contribution in [1.29, 1.82) is 0 Å². The molecule has 5 rings (SSSR count). The Morgan fingerprint density at radius 3 is 2.55 bits per heavy atom. The van der Waals surface area contributed by atoms with Gasteiger partial charge in [-0.3, -0.25) is 19.3 Å². The summed E-state index contributed by atoms with van der Waals surface area (Å²) in [7, 11) is 0. The number of nitrogens with one attached hydrogen (secondary N) is 3. The molecule has 0 aromatic heterocycles. The van der Waals surface area contributed by atoms with Crippen molar-refractivity contribution in [2.75, 3.05) is 26.2 Å². The fraction of sp³-hybridized carbons (Fsp3) is 0.568. The number of unbranched alkanes of at least 4 members (excludes halogenated alkanes) is 1.